The molecule has 102 valence electrons. The highest BCUT2D eigenvalue weighted by Crippen LogP contribution is 2.22. The minimum atomic E-state index is 0.537. The Kier molecular flexibility index (Phi) is 7.87. The van der Waals surface area contributed by atoms with Gasteiger partial charge in [-0.2, -0.15) is 0 Å². The van der Waals surface area contributed by atoms with Crippen molar-refractivity contribution in [1.29, 1.82) is 0 Å². The maximum atomic E-state index is 6.05. The highest BCUT2D eigenvalue weighted by atomic mass is 16.5. The Morgan fingerprint density at radius 3 is 2.24 bits per heavy atom. The first kappa shape index (κ1) is 15.0. The van der Waals surface area contributed by atoms with Gasteiger partial charge in [-0.3, -0.25) is 0 Å². The van der Waals surface area contributed by atoms with Crippen molar-refractivity contribution in [2.75, 3.05) is 13.2 Å². The average Bonchev–Trinajstić information content (AvgIpc) is 2.39. The Hall–Kier alpha value is -0.0800. The Labute approximate surface area is 108 Å². The van der Waals surface area contributed by atoms with Crippen molar-refractivity contribution in [3.63, 3.8) is 0 Å². The first-order valence-corrected chi connectivity index (χ1v) is 7.65. The van der Waals surface area contributed by atoms with Gasteiger partial charge in [0.1, 0.15) is 0 Å². The van der Waals surface area contributed by atoms with Crippen LogP contribution in [0.5, 0.6) is 0 Å². The van der Waals surface area contributed by atoms with E-state index in [1.807, 2.05) is 0 Å². The van der Waals surface area contributed by atoms with Gasteiger partial charge in [0.25, 0.3) is 0 Å². The fourth-order valence-corrected chi connectivity index (χ4v) is 2.58. The predicted molar refractivity (Wildman–Crippen MR) is 74.4 cm³/mol. The fraction of sp³-hybridized carbons (Fsp3) is 1.00. The van der Waals surface area contributed by atoms with E-state index < -0.39 is 0 Å². The van der Waals surface area contributed by atoms with Gasteiger partial charge >= 0.3 is 0 Å². The van der Waals surface area contributed by atoms with Gasteiger partial charge in [0, 0.05) is 12.6 Å². The lowest BCUT2D eigenvalue weighted by molar-refractivity contribution is 0.00170. The molecule has 17 heavy (non-hydrogen) atoms. The molecule has 0 amide bonds. The van der Waals surface area contributed by atoms with Crippen molar-refractivity contribution in [2.24, 2.45) is 5.92 Å². The second kappa shape index (κ2) is 8.93. The van der Waals surface area contributed by atoms with Crippen LogP contribution in [0.3, 0.4) is 0 Å². The number of rotatable bonds is 8. The first-order chi connectivity index (χ1) is 8.30. The van der Waals surface area contributed by atoms with Gasteiger partial charge in [-0.25, -0.2) is 0 Å². The van der Waals surface area contributed by atoms with Crippen LogP contribution in [0.1, 0.15) is 65.7 Å². The van der Waals surface area contributed by atoms with Crippen LogP contribution in [0.15, 0.2) is 0 Å². The van der Waals surface area contributed by atoms with Gasteiger partial charge in [-0.15, -0.1) is 0 Å². The molecule has 0 aromatic rings. The lowest BCUT2D eigenvalue weighted by Gasteiger charge is -2.30. The Morgan fingerprint density at radius 1 is 1.06 bits per heavy atom. The van der Waals surface area contributed by atoms with Crippen LogP contribution < -0.4 is 5.32 Å². The molecule has 0 aromatic heterocycles. The summed E-state index contributed by atoms with van der Waals surface area (Å²) in [6.45, 7) is 8.91. The first-order valence-electron chi connectivity index (χ1n) is 7.65. The van der Waals surface area contributed by atoms with Crippen molar-refractivity contribution in [2.45, 2.75) is 77.9 Å². The molecule has 0 bridgehead atoms. The average molecular weight is 241 g/mol. The van der Waals surface area contributed by atoms with Crippen molar-refractivity contribution in [1.82, 2.24) is 5.32 Å². The summed E-state index contributed by atoms with van der Waals surface area (Å²) in [5.41, 5.74) is 0. The molecule has 1 aliphatic rings. The second-order valence-corrected chi connectivity index (χ2v) is 5.44. The van der Waals surface area contributed by atoms with Crippen molar-refractivity contribution >= 4 is 0 Å². The van der Waals surface area contributed by atoms with Crippen molar-refractivity contribution in [3.05, 3.63) is 0 Å². The molecule has 0 aromatic carbocycles. The molecular weight excluding hydrogens is 210 g/mol. The quantitative estimate of drug-likeness (QED) is 0.699. The summed E-state index contributed by atoms with van der Waals surface area (Å²) in [7, 11) is 0. The summed E-state index contributed by atoms with van der Waals surface area (Å²) in [4.78, 5) is 0. The summed E-state index contributed by atoms with van der Waals surface area (Å²) >= 11 is 0. The minimum absolute atomic E-state index is 0.537. The van der Waals surface area contributed by atoms with Crippen LogP contribution >= 0.6 is 0 Å². The van der Waals surface area contributed by atoms with Crippen LogP contribution in [0.4, 0.5) is 0 Å². The number of hydrogen-bond donors (Lipinski definition) is 1. The summed E-state index contributed by atoms with van der Waals surface area (Å²) in [6.07, 6.45) is 9.39. The molecule has 1 saturated carbocycles. The number of ether oxygens (including phenoxy) is 1. The van der Waals surface area contributed by atoms with E-state index in [0.717, 1.165) is 18.6 Å². The molecule has 0 unspecified atom stereocenters. The highest BCUT2D eigenvalue weighted by molar-refractivity contribution is 4.77. The molecule has 0 atom stereocenters. The number of nitrogens with one attached hydrogen (secondary N) is 1. The topological polar surface area (TPSA) is 21.3 Å². The highest BCUT2D eigenvalue weighted by Gasteiger charge is 2.21. The van der Waals surface area contributed by atoms with Crippen molar-refractivity contribution < 1.29 is 4.74 Å². The summed E-state index contributed by atoms with van der Waals surface area (Å²) in [5.74, 6) is 0.769. The Bertz CT molecular complexity index is 172. The fourth-order valence-electron chi connectivity index (χ4n) is 2.58. The van der Waals surface area contributed by atoms with Gasteiger partial charge in [-0.1, -0.05) is 33.6 Å². The molecule has 1 fully saturated rings. The normalized spacial score (nSPS) is 25.4. The molecule has 1 N–H and O–H groups in total. The van der Waals surface area contributed by atoms with Crippen LogP contribution in [0, 0.1) is 5.92 Å². The van der Waals surface area contributed by atoms with Gasteiger partial charge in [0.15, 0.2) is 0 Å². The molecule has 0 aliphatic heterocycles. The number of hydrogen-bond acceptors (Lipinski definition) is 2. The molecule has 1 aliphatic carbocycles. The lowest BCUT2D eigenvalue weighted by atomic mass is 9.92. The summed E-state index contributed by atoms with van der Waals surface area (Å²) < 4.78 is 6.05. The standard InChI is InChI=1S/C15H31NO/c1-4-11-16-14-7-9-15(10-8-14)17-12-13(5-2)6-3/h13-16H,4-12H2,1-3H3. The van der Waals surface area contributed by atoms with Gasteiger partial charge in [0.05, 0.1) is 6.10 Å². The summed E-state index contributed by atoms with van der Waals surface area (Å²) in [6, 6.07) is 0.753. The minimum Gasteiger partial charge on any atom is -0.378 e. The maximum absolute atomic E-state index is 6.05. The zero-order chi connectivity index (χ0) is 12.5. The maximum Gasteiger partial charge on any atom is 0.0576 e. The third-order valence-corrected chi connectivity index (χ3v) is 4.08. The third kappa shape index (κ3) is 5.87. The van der Waals surface area contributed by atoms with E-state index in [-0.39, 0.29) is 0 Å². The third-order valence-electron chi connectivity index (χ3n) is 4.08. The zero-order valence-electron chi connectivity index (χ0n) is 12.0. The van der Waals surface area contributed by atoms with Crippen molar-refractivity contribution in [3.8, 4) is 0 Å². The lowest BCUT2D eigenvalue weighted by Crippen LogP contribution is -2.36. The molecule has 0 spiro atoms. The van der Waals surface area contributed by atoms with E-state index in [2.05, 4.69) is 26.1 Å². The SMILES string of the molecule is CCCNC1CCC(OCC(CC)CC)CC1. The van der Waals surface area contributed by atoms with Crippen LogP contribution in [0.25, 0.3) is 0 Å². The zero-order valence-corrected chi connectivity index (χ0v) is 12.0. The Balaban J connectivity index is 2.10. The monoisotopic (exact) mass is 241 g/mol. The van der Waals surface area contributed by atoms with E-state index in [9.17, 15) is 0 Å². The van der Waals surface area contributed by atoms with E-state index in [1.165, 1.54) is 51.5 Å². The molecule has 0 heterocycles. The smallest absolute Gasteiger partial charge is 0.0576 e. The molecular formula is C15H31NO. The van der Waals surface area contributed by atoms with Gasteiger partial charge < -0.3 is 10.1 Å². The Morgan fingerprint density at radius 2 is 1.71 bits per heavy atom. The van der Waals surface area contributed by atoms with Crippen LogP contribution in [0.2, 0.25) is 0 Å². The molecule has 0 saturated heterocycles. The van der Waals surface area contributed by atoms with Crippen LogP contribution in [-0.4, -0.2) is 25.3 Å². The molecule has 2 nitrogen and oxygen atoms in total. The van der Waals surface area contributed by atoms with E-state index in [4.69, 9.17) is 4.74 Å². The predicted octanol–water partition coefficient (Wildman–Crippen LogP) is 3.75. The van der Waals surface area contributed by atoms with E-state index >= 15 is 0 Å². The van der Waals surface area contributed by atoms with Crippen LogP contribution in [-0.2, 0) is 4.74 Å². The van der Waals surface area contributed by atoms with E-state index in [1.54, 1.807) is 0 Å². The van der Waals surface area contributed by atoms with Gasteiger partial charge in [0.2, 0.25) is 0 Å². The molecule has 2 heteroatoms. The summed E-state index contributed by atoms with van der Waals surface area (Å²) in [5, 5.41) is 3.62. The molecule has 1 rings (SSSR count). The van der Waals surface area contributed by atoms with Gasteiger partial charge in [-0.05, 0) is 44.6 Å². The van der Waals surface area contributed by atoms with E-state index in [0.29, 0.717) is 6.10 Å². The largest absolute Gasteiger partial charge is 0.378 e. The molecule has 0 radical (unpaired) electrons. The second-order valence-electron chi connectivity index (χ2n) is 5.44.